The van der Waals surface area contributed by atoms with E-state index in [1.807, 2.05) is 4.90 Å². The Morgan fingerprint density at radius 1 is 1.27 bits per heavy atom. The summed E-state index contributed by atoms with van der Waals surface area (Å²) < 4.78 is 23.2. The van der Waals surface area contributed by atoms with Crippen molar-refractivity contribution in [3.63, 3.8) is 0 Å². The highest BCUT2D eigenvalue weighted by molar-refractivity contribution is 7.90. The average Bonchev–Trinajstić information content (AvgIpc) is 2.58. The molecule has 1 N–H and O–H groups in total. The minimum absolute atomic E-state index is 0. The van der Waals surface area contributed by atoms with E-state index in [4.69, 9.17) is 0 Å². The number of nitrogens with zero attached hydrogens (tertiary/aromatic N) is 3. The number of rotatable bonds is 6. The van der Waals surface area contributed by atoms with Crippen molar-refractivity contribution in [2.24, 2.45) is 0 Å². The van der Waals surface area contributed by atoms with Gasteiger partial charge in [-0.3, -0.25) is 14.9 Å². The van der Waals surface area contributed by atoms with E-state index in [1.54, 1.807) is 11.9 Å². The predicted molar refractivity (Wildman–Crippen MR) is 101 cm³/mol. The molecule has 0 aliphatic carbocycles. The van der Waals surface area contributed by atoms with Crippen molar-refractivity contribution in [3.8, 4) is 0 Å². The number of hydrogen-bond acceptors (Lipinski definition) is 7. The molecule has 1 aliphatic rings. The largest absolute Gasteiger partial charge is 0.362 e. The molecule has 11 heteroatoms. The first-order chi connectivity index (χ1) is 11.7. The molecule has 0 aromatic heterocycles. The van der Waals surface area contributed by atoms with Crippen LogP contribution >= 0.6 is 12.4 Å². The quantitative estimate of drug-likeness (QED) is 0.545. The molecule has 1 amide bonds. The maximum absolute atomic E-state index is 12.0. The summed E-state index contributed by atoms with van der Waals surface area (Å²) in [6.07, 6.45) is 1.43. The zero-order valence-electron chi connectivity index (χ0n) is 14.7. The molecular formula is C15H23ClN4O5S. The Hall–Kier alpha value is -1.91. The number of nitro benzene ring substituents is 1. The molecule has 1 fully saturated rings. The maximum Gasteiger partial charge on any atom is 0.293 e. The summed E-state index contributed by atoms with van der Waals surface area (Å²) in [4.78, 5) is 26.3. The molecule has 26 heavy (non-hydrogen) atoms. The highest BCUT2D eigenvalue weighted by Crippen LogP contribution is 2.31. The summed E-state index contributed by atoms with van der Waals surface area (Å²) >= 11 is 0. The zero-order chi connectivity index (χ0) is 18.6. The Kier molecular flexibility index (Phi) is 7.79. The summed E-state index contributed by atoms with van der Waals surface area (Å²) in [7, 11) is -1.73. The lowest BCUT2D eigenvalue weighted by atomic mass is 10.2. The van der Waals surface area contributed by atoms with Gasteiger partial charge < -0.3 is 15.1 Å². The topological polar surface area (TPSA) is 113 Å². The van der Waals surface area contributed by atoms with Crippen molar-refractivity contribution < 1.29 is 18.1 Å². The monoisotopic (exact) mass is 406 g/mol. The van der Waals surface area contributed by atoms with Gasteiger partial charge in [0.2, 0.25) is 5.91 Å². The number of hydrogen-bond donors (Lipinski definition) is 1. The third-order valence-corrected chi connectivity index (χ3v) is 5.24. The van der Waals surface area contributed by atoms with Crippen molar-refractivity contribution in [1.82, 2.24) is 10.2 Å². The number of carbonyl (C=O) groups excluding carboxylic acids is 1. The number of anilines is 1. The minimum Gasteiger partial charge on any atom is -0.362 e. The highest BCUT2D eigenvalue weighted by Gasteiger charge is 2.26. The Balaban J connectivity index is 0.00000338. The lowest BCUT2D eigenvalue weighted by Crippen LogP contribution is -2.49. The molecule has 0 atom stereocenters. The number of carbonyl (C=O) groups is 1. The molecule has 2 rings (SSSR count). The number of nitro groups is 1. The van der Waals surface area contributed by atoms with Crippen LogP contribution in [0.15, 0.2) is 23.1 Å². The summed E-state index contributed by atoms with van der Waals surface area (Å²) in [5.41, 5.74) is 0.137. The van der Waals surface area contributed by atoms with Gasteiger partial charge in [0.25, 0.3) is 5.69 Å². The van der Waals surface area contributed by atoms with Crippen LogP contribution < -0.4 is 10.2 Å². The first kappa shape index (κ1) is 22.1. The molecule has 1 saturated heterocycles. The van der Waals surface area contributed by atoms with Crippen LogP contribution in [0, 0.1) is 10.1 Å². The third kappa shape index (κ3) is 5.29. The zero-order valence-corrected chi connectivity index (χ0v) is 16.3. The molecule has 0 spiro atoms. The smallest absolute Gasteiger partial charge is 0.293 e. The molecule has 1 aromatic carbocycles. The van der Waals surface area contributed by atoms with Gasteiger partial charge in [-0.05, 0) is 19.2 Å². The Morgan fingerprint density at radius 2 is 1.88 bits per heavy atom. The van der Waals surface area contributed by atoms with E-state index in [1.165, 1.54) is 12.1 Å². The lowest BCUT2D eigenvalue weighted by Gasteiger charge is -2.36. The van der Waals surface area contributed by atoms with E-state index in [-0.39, 0.29) is 28.9 Å². The normalized spacial score (nSPS) is 14.7. The van der Waals surface area contributed by atoms with Gasteiger partial charge in [-0.2, -0.15) is 0 Å². The first-order valence-corrected chi connectivity index (χ1v) is 9.79. The standard InChI is InChI=1S/C15H22N4O5S.ClH/c1-16-6-5-15(20)18-9-7-17(8-10-18)13-4-3-12(25(2,23)24)11-14(13)19(21)22;/h3-4,11,16H,5-10H2,1-2H3;1H. The molecule has 0 bridgehead atoms. The lowest BCUT2D eigenvalue weighted by molar-refractivity contribution is -0.384. The third-order valence-electron chi connectivity index (χ3n) is 4.13. The molecule has 1 aromatic rings. The van der Waals surface area contributed by atoms with Gasteiger partial charge in [0.15, 0.2) is 9.84 Å². The second-order valence-electron chi connectivity index (χ2n) is 5.90. The highest BCUT2D eigenvalue weighted by atomic mass is 35.5. The second-order valence-corrected chi connectivity index (χ2v) is 7.92. The van der Waals surface area contributed by atoms with Crippen molar-refractivity contribution in [2.75, 3.05) is 50.9 Å². The van der Waals surface area contributed by atoms with Crippen LogP contribution in [0.2, 0.25) is 0 Å². The van der Waals surface area contributed by atoms with E-state index in [0.717, 1.165) is 12.3 Å². The van der Waals surface area contributed by atoms with E-state index < -0.39 is 14.8 Å². The van der Waals surface area contributed by atoms with Gasteiger partial charge in [0.1, 0.15) is 5.69 Å². The number of sulfone groups is 1. The molecule has 0 saturated carbocycles. The van der Waals surface area contributed by atoms with E-state index in [9.17, 15) is 23.3 Å². The number of benzene rings is 1. The Labute approximate surface area is 158 Å². The van der Waals surface area contributed by atoms with Gasteiger partial charge >= 0.3 is 0 Å². The van der Waals surface area contributed by atoms with Crippen LogP contribution in [0.1, 0.15) is 6.42 Å². The first-order valence-electron chi connectivity index (χ1n) is 7.90. The molecular weight excluding hydrogens is 384 g/mol. The van der Waals surface area contributed by atoms with Crippen LogP contribution in [-0.2, 0) is 14.6 Å². The van der Waals surface area contributed by atoms with Crippen LogP contribution in [0.4, 0.5) is 11.4 Å². The van der Waals surface area contributed by atoms with Gasteiger partial charge in [-0.15, -0.1) is 12.4 Å². The predicted octanol–water partition coefficient (Wildman–Crippen LogP) is 0.678. The van der Waals surface area contributed by atoms with Gasteiger partial charge in [0.05, 0.1) is 9.82 Å². The van der Waals surface area contributed by atoms with E-state index in [2.05, 4.69) is 5.32 Å². The summed E-state index contributed by atoms with van der Waals surface area (Å²) in [5.74, 6) is 0.0518. The molecule has 0 unspecified atom stereocenters. The number of piperazine rings is 1. The van der Waals surface area contributed by atoms with Gasteiger partial charge in [-0.25, -0.2) is 8.42 Å². The maximum atomic E-state index is 12.0. The minimum atomic E-state index is -3.52. The van der Waals surface area contributed by atoms with Gasteiger partial charge in [0, 0.05) is 51.5 Å². The van der Waals surface area contributed by atoms with E-state index in [0.29, 0.717) is 44.8 Å². The van der Waals surface area contributed by atoms with Crippen LogP contribution in [0.3, 0.4) is 0 Å². The van der Waals surface area contributed by atoms with Crippen molar-refractivity contribution in [2.45, 2.75) is 11.3 Å². The summed E-state index contributed by atoms with van der Waals surface area (Å²) in [6, 6.07) is 3.93. The fraction of sp³-hybridized carbons (Fsp3) is 0.533. The Morgan fingerprint density at radius 3 is 2.38 bits per heavy atom. The molecule has 0 radical (unpaired) electrons. The average molecular weight is 407 g/mol. The SMILES string of the molecule is CNCCC(=O)N1CCN(c2ccc(S(C)(=O)=O)cc2[N+](=O)[O-])CC1.Cl. The second kappa shape index (κ2) is 9.15. The van der Waals surface area contributed by atoms with Crippen LogP contribution in [0.25, 0.3) is 0 Å². The molecule has 146 valence electrons. The fourth-order valence-corrected chi connectivity index (χ4v) is 3.38. The van der Waals surface area contributed by atoms with Gasteiger partial charge in [-0.1, -0.05) is 0 Å². The van der Waals surface area contributed by atoms with Crippen LogP contribution in [0.5, 0.6) is 0 Å². The van der Waals surface area contributed by atoms with Crippen molar-refractivity contribution in [3.05, 3.63) is 28.3 Å². The summed E-state index contributed by atoms with van der Waals surface area (Å²) in [6.45, 7) is 2.49. The van der Waals surface area contributed by atoms with Crippen molar-refractivity contribution in [1.29, 1.82) is 0 Å². The van der Waals surface area contributed by atoms with Crippen LogP contribution in [-0.4, -0.2) is 70.2 Å². The number of nitrogens with one attached hydrogen (secondary N) is 1. The molecule has 9 nitrogen and oxygen atoms in total. The molecule has 1 aliphatic heterocycles. The van der Waals surface area contributed by atoms with Crippen molar-refractivity contribution >= 4 is 39.5 Å². The summed E-state index contributed by atoms with van der Waals surface area (Å²) in [5, 5.41) is 14.3. The molecule has 1 heterocycles. The Bertz CT molecular complexity index is 763. The fourth-order valence-electron chi connectivity index (χ4n) is 2.73. The van der Waals surface area contributed by atoms with E-state index >= 15 is 0 Å². The number of halogens is 1. The number of amides is 1.